The zero-order chi connectivity index (χ0) is 27.3. The third kappa shape index (κ3) is 5.20. The number of rotatable bonds is 8. The molecule has 2 amide bonds. The van der Waals surface area contributed by atoms with Crippen molar-refractivity contribution in [2.45, 2.75) is 45.0 Å². The summed E-state index contributed by atoms with van der Waals surface area (Å²) in [6.45, 7) is 7.30. The minimum atomic E-state index is -1.59. The van der Waals surface area contributed by atoms with Gasteiger partial charge in [0.05, 0.1) is 29.7 Å². The molecule has 1 aromatic carbocycles. The predicted octanol–water partition coefficient (Wildman–Crippen LogP) is 2.58. The van der Waals surface area contributed by atoms with Gasteiger partial charge in [0.2, 0.25) is 0 Å². The van der Waals surface area contributed by atoms with Gasteiger partial charge in [-0.2, -0.15) is 5.10 Å². The zero-order valence-corrected chi connectivity index (χ0v) is 22.3. The molecule has 0 spiro atoms. The van der Waals surface area contributed by atoms with Gasteiger partial charge in [0.1, 0.15) is 11.7 Å². The first-order valence-electron chi connectivity index (χ1n) is 13.6. The fourth-order valence-corrected chi connectivity index (χ4v) is 5.35. The standard InChI is InChI=1S/C28H34FN7O3/c1-28(2,39)24(29)17-35-16-19-12-22(32-26(37)21-14-31-36-7-3-6-30-25(21)36)23(13-20(19)27(35)38)34-10-8-33(9-11-34)15-18-4-5-18/h3,6-7,12-14,18,24,39H,4-5,8-11,15-17H2,1-2H3,(H,32,37). The molecule has 3 aromatic rings. The first kappa shape index (κ1) is 25.7. The predicted molar refractivity (Wildman–Crippen MR) is 145 cm³/mol. The molecule has 1 aliphatic carbocycles. The maximum Gasteiger partial charge on any atom is 0.261 e. The molecule has 2 aromatic heterocycles. The number of hydrogen-bond donors (Lipinski definition) is 2. The van der Waals surface area contributed by atoms with Gasteiger partial charge in [-0.1, -0.05) is 0 Å². The molecule has 2 aliphatic heterocycles. The number of aromatic nitrogens is 3. The van der Waals surface area contributed by atoms with Crippen molar-refractivity contribution in [2.24, 2.45) is 5.92 Å². The number of nitrogens with zero attached hydrogens (tertiary/aromatic N) is 6. The highest BCUT2D eigenvalue weighted by molar-refractivity contribution is 6.10. The van der Waals surface area contributed by atoms with Crippen LogP contribution in [0.25, 0.3) is 5.65 Å². The summed E-state index contributed by atoms with van der Waals surface area (Å²) in [6, 6.07) is 5.40. The molecule has 0 bridgehead atoms. The van der Waals surface area contributed by atoms with Crippen molar-refractivity contribution >= 4 is 28.8 Å². The highest BCUT2D eigenvalue weighted by Crippen LogP contribution is 2.36. The molecule has 1 atom stereocenters. The van der Waals surface area contributed by atoms with Gasteiger partial charge in [0.15, 0.2) is 5.65 Å². The average molecular weight is 536 g/mol. The molecule has 206 valence electrons. The summed E-state index contributed by atoms with van der Waals surface area (Å²) in [5.41, 5.74) is 1.83. The topological polar surface area (TPSA) is 106 Å². The minimum Gasteiger partial charge on any atom is -0.387 e. The molecular weight excluding hydrogens is 501 g/mol. The molecule has 0 radical (unpaired) electrons. The van der Waals surface area contributed by atoms with Crippen LogP contribution in [0.4, 0.5) is 15.8 Å². The van der Waals surface area contributed by atoms with Gasteiger partial charge in [-0.3, -0.25) is 14.5 Å². The van der Waals surface area contributed by atoms with E-state index >= 15 is 0 Å². The Morgan fingerprint density at radius 1 is 1.23 bits per heavy atom. The Morgan fingerprint density at radius 2 is 2.00 bits per heavy atom. The lowest BCUT2D eigenvalue weighted by molar-refractivity contribution is -0.0159. The molecular formula is C28H34FN7O3. The van der Waals surface area contributed by atoms with Crippen LogP contribution < -0.4 is 10.2 Å². The van der Waals surface area contributed by atoms with Crippen LogP contribution in [0, 0.1) is 5.92 Å². The first-order valence-corrected chi connectivity index (χ1v) is 13.6. The lowest BCUT2D eigenvalue weighted by atomic mass is 10.0. The third-order valence-corrected chi connectivity index (χ3v) is 7.95. The summed E-state index contributed by atoms with van der Waals surface area (Å²) in [5, 5.41) is 17.3. The van der Waals surface area contributed by atoms with Crippen LogP contribution >= 0.6 is 0 Å². The number of carbonyl (C=O) groups is 2. The molecule has 1 saturated heterocycles. The van der Waals surface area contributed by atoms with Crippen LogP contribution in [-0.2, 0) is 6.54 Å². The maximum atomic E-state index is 14.7. The SMILES string of the molecule is CC(C)(O)C(F)CN1Cc2cc(NC(=O)c3cnn4cccnc34)c(N3CCN(CC4CC4)CC3)cc2C1=O. The molecule has 3 aliphatic rings. The number of anilines is 2. The quantitative estimate of drug-likeness (QED) is 0.457. The monoisotopic (exact) mass is 535 g/mol. The van der Waals surface area contributed by atoms with Gasteiger partial charge in [-0.05, 0) is 56.4 Å². The van der Waals surface area contributed by atoms with Gasteiger partial charge >= 0.3 is 0 Å². The third-order valence-electron chi connectivity index (χ3n) is 7.95. The number of alkyl halides is 1. The van der Waals surface area contributed by atoms with E-state index in [9.17, 15) is 19.1 Å². The normalized spacial score (nSPS) is 19.0. The number of piperazine rings is 1. The second kappa shape index (κ2) is 9.87. The minimum absolute atomic E-state index is 0.206. The summed E-state index contributed by atoms with van der Waals surface area (Å²) in [5.74, 6) is 0.206. The second-order valence-corrected chi connectivity index (χ2v) is 11.5. The van der Waals surface area contributed by atoms with Crippen molar-refractivity contribution in [3.63, 3.8) is 0 Å². The summed E-state index contributed by atoms with van der Waals surface area (Å²) < 4.78 is 16.2. The fourth-order valence-electron chi connectivity index (χ4n) is 5.35. The number of halogens is 1. The van der Waals surface area contributed by atoms with Crippen molar-refractivity contribution < 1.29 is 19.1 Å². The maximum absolute atomic E-state index is 14.7. The Balaban J connectivity index is 1.29. The van der Waals surface area contributed by atoms with Crippen molar-refractivity contribution in [3.8, 4) is 0 Å². The highest BCUT2D eigenvalue weighted by Gasteiger charge is 2.36. The van der Waals surface area contributed by atoms with Crippen LogP contribution in [0.3, 0.4) is 0 Å². The number of benzene rings is 1. The van der Waals surface area contributed by atoms with E-state index in [1.165, 1.54) is 37.8 Å². The number of nitrogens with one attached hydrogen (secondary N) is 1. The van der Waals surface area contributed by atoms with Crippen LogP contribution in [0.5, 0.6) is 0 Å². The van der Waals surface area contributed by atoms with Gasteiger partial charge in [0, 0.05) is 57.2 Å². The molecule has 10 nitrogen and oxygen atoms in total. The van der Waals surface area contributed by atoms with E-state index in [1.807, 2.05) is 12.1 Å². The lowest BCUT2D eigenvalue weighted by Crippen LogP contribution is -2.47. The molecule has 2 N–H and O–H groups in total. The van der Waals surface area contributed by atoms with E-state index in [-0.39, 0.29) is 24.9 Å². The summed E-state index contributed by atoms with van der Waals surface area (Å²) in [4.78, 5) is 37.1. The fraction of sp³-hybridized carbons (Fsp3) is 0.500. The number of amides is 2. The van der Waals surface area contributed by atoms with Gasteiger partial charge in [-0.25, -0.2) is 13.9 Å². The Bertz CT molecular complexity index is 1410. The Hall–Kier alpha value is -3.57. The van der Waals surface area contributed by atoms with Crippen LogP contribution in [0.1, 0.15) is 53.0 Å². The summed E-state index contributed by atoms with van der Waals surface area (Å²) in [7, 11) is 0. The second-order valence-electron chi connectivity index (χ2n) is 11.5. The summed E-state index contributed by atoms with van der Waals surface area (Å²) >= 11 is 0. The van der Waals surface area contributed by atoms with E-state index in [2.05, 4.69) is 25.2 Å². The number of fused-ring (bicyclic) bond motifs is 2. The van der Waals surface area contributed by atoms with E-state index in [0.29, 0.717) is 28.0 Å². The van der Waals surface area contributed by atoms with Crippen molar-refractivity contribution in [2.75, 3.05) is 49.5 Å². The van der Waals surface area contributed by atoms with E-state index in [4.69, 9.17) is 0 Å². The molecule has 39 heavy (non-hydrogen) atoms. The van der Waals surface area contributed by atoms with E-state index in [1.54, 1.807) is 23.0 Å². The molecule has 6 rings (SSSR count). The molecule has 4 heterocycles. The van der Waals surface area contributed by atoms with Gasteiger partial charge in [-0.15, -0.1) is 0 Å². The van der Waals surface area contributed by atoms with Crippen LogP contribution in [0.15, 0.2) is 36.8 Å². The zero-order valence-electron chi connectivity index (χ0n) is 22.3. The van der Waals surface area contributed by atoms with Gasteiger partial charge < -0.3 is 20.2 Å². The Kier molecular flexibility index (Phi) is 6.50. The number of carbonyl (C=O) groups excluding carboxylic acids is 2. The molecule has 2 fully saturated rings. The Morgan fingerprint density at radius 3 is 2.72 bits per heavy atom. The highest BCUT2D eigenvalue weighted by atomic mass is 19.1. The summed E-state index contributed by atoms with van der Waals surface area (Å²) in [6.07, 6.45) is 5.87. The largest absolute Gasteiger partial charge is 0.387 e. The molecule has 11 heteroatoms. The van der Waals surface area contributed by atoms with Crippen molar-refractivity contribution in [3.05, 3.63) is 53.5 Å². The van der Waals surface area contributed by atoms with E-state index in [0.717, 1.165) is 44.3 Å². The Labute approximate surface area is 226 Å². The van der Waals surface area contributed by atoms with Crippen molar-refractivity contribution in [1.29, 1.82) is 0 Å². The number of aliphatic hydroxyl groups is 1. The van der Waals surface area contributed by atoms with E-state index < -0.39 is 11.8 Å². The molecule has 1 unspecified atom stereocenters. The lowest BCUT2D eigenvalue weighted by Gasteiger charge is -2.37. The number of hydrogen-bond acceptors (Lipinski definition) is 7. The van der Waals surface area contributed by atoms with Gasteiger partial charge in [0.25, 0.3) is 11.8 Å². The van der Waals surface area contributed by atoms with Crippen molar-refractivity contribution in [1.82, 2.24) is 24.4 Å². The van der Waals surface area contributed by atoms with Crippen LogP contribution in [0.2, 0.25) is 0 Å². The first-order chi connectivity index (χ1) is 18.7. The van der Waals surface area contributed by atoms with Crippen LogP contribution in [-0.4, -0.2) is 92.4 Å². The average Bonchev–Trinajstić information content (AvgIpc) is 3.53. The molecule has 1 saturated carbocycles. The smallest absolute Gasteiger partial charge is 0.261 e.